The van der Waals surface area contributed by atoms with Gasteiger partial charge in [0.25, 0.3) is 6.29 Å². The summed E-state index contributed by atoms with van der Waals surface area (Å²) in [4.78, 5) is 13.3. The van der Waals surface area contributed by atoms with Crippen molar-refractivity contribution in [1.29, 1.82) is 0 Å². The summed E-state index contributed by atoms with van der Waals surface area (Å²) in [6, 6.07) is 30.3. The average Bonchev–Trinajstić information content (AvgIpc) is 3.54. The number of anilines is 1. The molecule has 0 fully saturated rings. The highest BCUT2D eigenvalue weighted by Crippen LogP contribution is 2.54. The summed E-state index contributed by atoms with van der Waals surface area (Å²) in [6.45, 7) is 2.29. The third-order valence-electron chi connectivity index (χ3n) is 7.30. The molecule has 1 spiro atoms. The van der Waals surface area contributed by atoms with Crippen LogP contribution in [0.2, 0.25) is 0 Å². The van der Waals surface area contributed by atoms with Crippen molar-refractivity contribution < 1.29 is 19.0 Å². The first-order valence-electron chi connectivity index (χ1n) is 11.8. The first-order chi connectivity index (χ1) is 17.1. The van der Waals surface area contributed by atoms with Crippen LogP contribution in [0.15, 0.2) is 91.0 Å². The third kappa shape index (κ3) is 2.91. The van der Waals surface area contributed by atoms with Crippen molar-refractivity contribution in [2.45, 2.75) is 24.5 Å². The summed E-state index contributed by atoms with van der Waals surface area (Å²) in [5.74, 6) is 1.73. The Morgan fingerprint density at radius 2 is 1.46 bits per heavy atom. The Labute approximate surface area is 203 Å². The lowest BCUT2D eigenvalue weighted by atomic mass is 9.76. The molecule has 4 aromatic rings. The largest absolute Gasteiger partial charge is 0.491 e. The molecule has 3 aliphatic heterocycles. The monoisotopic (exact) mass is 461 g/mol. The van der Waals surface area contributed by atoms with E-state index in [1.165, 1.54) is 0 Å². The lowest BCUT2D eigenvalue weighted by molar-refractivity contribution is -0.119. The quantitative estimate of drug-likeness (QED) is 0.434. The van der Waals surface area contributed by atoms with E-state index >= 15 is 0 Å². The van der Waals surface area contributed by atoms with Crippen molar-refractivity contribution in [3.05, 3.63) is 119 Å². The SMILES string of the molecule is Cc1ccc2c(c1)C1(COc3cc4c(cc31)OC(C(c1ccccc1)c1ccccc1)O4)C(=O)N2. The van der Waals surface area contributed by atoms with Crippen LogP contribution in [0, 0.1) is 6.92 Å². The third-order valence-corrected chi connectivity index (χ3v) is 7.30. The van der Waals surface area contributed by atoms with Gasteiger partial charge in [0.05, 0.1) is 5.92 Å². The molecule has 3 aliphatic rings. The van der Waals surface area contributed by atoms with E-state index in [0.29, 0.717) is 17.2 Å². The minimum absolute atomic E-state index is 0.0706. The summed E-state index contributed by atoms with van der Waals surface area (Å²) in [5, 5.41) is 3.04. The van der Waals surface area contributed by atoms with Gasteiger partial charge in [-0.3, -0.25) is 4.79 Å². The number of benzene rings is 4. The molecule has 5 heteroatoms. The zero-order valence-corrected chi connectivity index (χ0v) is 19.2. The summed E-state index contributed by atoms with van der Waals surface area (Å²) in [6.07, 6.45) is -0.541. The number of ether oxygens (including phenoxy) is 3. The van der Waals surface area contributed by atoms with Crippen LogP contribution < -0.4 is 19.5 Å². The van der Waals surface area contributed by atoms with E-state index in [-0.39, 0.29) is 18.4 Å². The van der Waals surface area contributed by atoms with Crippen LogP contribution in [0.3, 0.4) is 0 Å². The summed E-state index contributed by atoms with van der Waals surface area (Å²) < 4.78 is 18.9. The van der Waals surface area contributed by atoms with Crippen molar-refractivity contribution in [3.8, 4) is 17.2 Å². The van der Waals surface area contributed by atoms with Crippen molar-refractivity contribution in [3.63, 3.8) is 0 Å². The summed E-state index contributed by atoms with van der Waals surface area (Å²) in [5.41, 5.74) is 5.03. The zero-order chi connectivity index (χ0) is 23.6. The Morgan fingerprint density at radius 1 is 0.800 bits per heavy atom. The fraction of sp³-hybridized carbons (Fsp3) is 0.167. The number of rotatable bonds is 3. The number of nitrogens with one attached hydrogen (secondary N) is 1. The predicted molar refractivity (Wildman–Crippen MR) is 132 cm³/mol. The van der Waals surface area contributed by atoms with Gasteiger partial charge in [0.15, 0.2) is 11.5 Å². The Morgan fingerprint density at radius 3 is 2.14 bits per heavy atom. The average molecular weight is 462 g/mol. The fourth-order valence-corrected chi connectivity index (χ4v) is 5.56. The number of fused-ring (bicyclic) bond motifs is 5. The van der Waals surface area contributed by atoms with Crippen molar-refractivity contribution >= 4 is 11.6 Å². The van der Waals surface area contributed by atoms with Gasteiger partial charge in [-0.25, -0.2) is 0 Å². The van der Waals surface area contributed by atoms with E-state index < -0.39 is 11.7 Å². The van der Waals surface area contributed by atoms with Gasteiger partial charge in [-0.2, -0.15) is 0 Å². The van der Waals surface area contributed by atoms with Gasteiger partial charge >= 0.3 is 0 Å². The molecule has 0 aliphatic carbocycles. The fourth-order valence-electron chi connectivity index (χ4n) is 5.56. The lowest BCUT2D eigenvalue weighted by Crippen LogP contribution is -2.37. The molecular formula is C30H23NO4. The Hall–Kier alpha value is -4.25. The maximum atomic E-state index is 13.3. The van der Waals surface area contributed by atoms with E-state index in [2.05, 4.69) is 35.6 Å². The van der Waals surface area contributed by atoms with Gasteiger partial charge in [-0.15, -0.1) is 0 Å². The van der Waals surface area contributed by atoms with Crippen LogP contribution in [0.1, 0.15) is 33.7 Å². The molecule has 0 saturated carbocycles. The van der Waals surface area contributed by atoms with Gasteiger partial charge in [-0.1, -0.05) is 78.4 Å². The highest BCUT2D eigenvalue weighted by atomic mass is 16.7. The van der Waals surface area contributed by atoms with Crippen molar-refractivity contribution in [2.75, 3.05) is 11.9 Å². The predicted octanol–water partition coefficient (Wildman–Crippen LogP) is 5.56. The van der Waals surface area contributed by atoms with Crippen LogP contribution >= 0.6 is 0 Å². The zero-order valence-electron chi connectivity index (χ0n) is 19.2. The Bertz CT molecular complexity index is 1430. The number of carbonyl (C=O) groups is 1. The second kappa shape index (κ2) is 7.37. The van der Waals surface area contributed by atoms with Crippen molar-refractivity contribution in [1.82, 2.24) is 0 Å². The van der Waals surface area contributed by atoms with Crippen molar-refractivity contribution in [2.24, 2.45) is 0 Å². The molecule has 0 aromatic heterocycles. The minimum Gasteiger partial charge on any atom is -0.491 e. The highest BCUT2D eigenvalue weighted by molar-refractivity contribution is 6.10. The molecule has 0 saturated heterocycles. The maximum Gasteiger partial charge on any atom is 0.252 e. The van der Waals surface area contributed by atoms with E-state index in [1.54, 1.807) is 0 Å². The van der Waals surface area contributed by atoms with Gasteiger partial charge < -0.3 is 19.5 Å². The molecule has 2 atom stereocenters. The Balaban J connectivity index is 1.30. The maximum absolute atomic E-state index is 13.3. The number of aryl methyl sites for hydroxylation is 1. The second-order valence-corrected chi connectivity index (χ2v) is 9.40. The second-order valence-electron chi connectivity index (χ2n) is 9.40. The molecule has 0 radical (unpaired) electrons. The molecule has 0 bridgehead atoms. The van der Waals surface area contributed by atoms with Gasteiger partial charge in [-0.05, 0) is 35.7 Å². The highest BCUT2D eigenvalue weighted by Gasteiger charge is 2.54. The molecular weight excluding hydrogens is 438 g/mol. The molecule has 35 heavy (non-hydrogen) atoms. The Kier molecular flexibility index (Phi) is 4.25. The number of amides is 1. The first-order valence-corrected chi connectivity index (χ1v) is 11.8. The van der Waals surface area contributed by atoms with Crippen LogP contribution in [0.25, 0.3) is 0 Å². The van der Waals surface area contributed by atoms with Crippen LogP contribution in [-0.4, -0.2) is 18.8 Å². The van der Waals surface area contributed by atoms with Crippen LogP contribution in [0.5, 0.6) is 17.2 Å². The molecule has 4 aromatic carbocycles. The normalized spacial score (nSPS) is 21.1. The topological polar surface area (TPSA) is 56.8 Å². The lowest BCUT2D eigenvalue weighted by Gasteiger charge is -2.23. The van der Waals surface area contributed by atoms with E-state index in [1.807, 2.05) is 67.6 Å². The molecule has 172 valence electrons. The van der Waals surface area contributed by atoms with E-state index in [0.717, 1.165) is 33.5 Å². The van der Waals surface area contributed by atoms with Gasteiger partial charge in [0, 0.05) is 17.3 Å². The molecule has 1 amide bonds. The van der Waals surface area contributed by atoms with Crippen LogP contribution in [0.4, 0.5) is 5.69 Å². The van der Waals surface area contributed by atoms with Gasteiger partial charge in [0.2, 0.25) is 5.91 Å². The number of hydrogen-bond acceptors (Lipinski definition) is 4. The van der Waals surface area contributed by atoms with Crippen LogP contribution in [-0.2, 0) is 10.2 Å². The standard InChI is InChI=1S/C30H23NO4/c1-18-12-13-23-21(14-18)30(29(32)31-23)17-33-24-16-26-25(15-22(24)30)34-28(35-26)27(19-8-4-2-5-9-19)20-10-6-3-7-11-20/h2-16,27-28H,17H2,1H3,(H,31,32). The molecule has 3 heterocycles. The summed E-state index contributed by atoms with van der Waals surface area (Å²) >= 11 is 0. The van der Waals surface area contributed by atoms with E-state index in [9.17, 15) is 4.79 Å². The number of hydrogen-bond donors (Lipinski definition) is 1. The van der Waals surface area contributed by atoms with E-state index in [4.69, 9.17) is 14.2 Å². The molecule has 5 nitrogen and oxygen atoms in total. The molecule has 1 N–H and O–H groups in total. The minimum atomic E-state index is -0.884. The summed E-state index contributed by atoms with van der Waals surface area (Å²) in [7, 11) is 0. The molecule has 2 unspecified atom stereocenters. The number of carbonyl (C=O) groups excluding carboxylic acids is 1. The van der Waals surface area contributed by atoms with Gasteiger partial charge in [0.1, 0.15) is 17.8 Å². The molecule has 7 rings (SSSR count). The first kappa shape index (κ1) is 20.2. The smallest absolute Gasteiger partial charge is 0.252 e.